The van der Waals surface area contributed by atoms with Crippen molar-refractivity contribution in [2.24, 2.45) is 0 Å². The molecule has 26 heavy (non-hydrogen) atoms. The van der Waals surface area contributed by atoms with E-state index in [4.69, 9.17) is 14.9 Å². The first-order chi connectivity index (χ1) is 12.7. The topological polar surface area (TPSA) is 62.5 Å². The molecule has 0 fully saturated rings. The summed E-state index contributed by atoms with van der Waals surface area (Å²) in [5.74, 6) is 0.567. The standard InChI is InChI=1S/C22H37NO3/c1-3-4-5-6-7-8-9-10-11-12-13-14-17-26-22(23)19-15-16-20(24)21(18-19)25-2/h15-16,18,23-24H,3-14,17H2,1-2H3. The van der Waals surface area contributed by atoms with Crippen molar-refractivity contribution in [2.75, 3.05) is 13.7 Å². The first kappa shape index (κ1) is 22.3. The number of phenolic OH excluding ortho intramolecular Hbond substituents is 1. The molecule has 0 amide bonds. The van der Waals surface area contributed by atoms with E-state index in [1.165, 1.54) is 77.4 Å². The molecule has 0 aromatic heterocycles. The number of hydrogen-bond donors (Lipinski definition) is 2. The molecule has 4 nitrogen and oxygen atoms in total. The first-order valence-corrected chi connectivity index (χ1v) is 10.3. The summed E-state index contributed by atoms with van der Waals surface area (Å²) in [6, 6.07) is 4.82. The fourth-order valence-electron chi connectivity index (χ4n) is 3.02. The van der Waals surface area contributed by atoms with Gasteiger partial charge >= 0.3 is 0 Å². The van der Waals surface area contributed by atoms with Crippen molar-refractivity contribution in [1.82, 2.24) is 0 Å². The maximum atomic E-state index is 9.58. The number of ether oxygens (including phenoxy) is 2. The molecule has 148 valence electrons. The van der Waals surface area contributed by atoms with Crippen LogP contribution in [-0.4, -0.2) is 24.7 Å². The van der Waals surface area contributed by atoms with E-state index in [0.717, 1.165) is 12.8 Å². The van der Waals surface area contributed by atoms with Gasteiger partial charge in [-0.2, -0.15) is 0 Å². The molecule has 0 radical (unpaired) electrons. The smallest absolute Gasteiger partial charge is 0.213 e. The number of unbranched alkanes of at least 4 members (excludes halogenated alkanes) is 11. The van der Waals surface area contributed by atoms with Crippen LogP contribution in [0.1, 0.15) is 89.5 Å². The molecular weight excluding hydrogens is 326 g/mol. The zero-order chi connectivity index (χ0) is 19.0. The highest BCUT2D eigenvalue weighted by Crippen LogP contribution is 2.26. The van der Waals surface area contributed by atoms with Crippen LogP contribution < -0.4 is 4.74 Å². The van der Waals surface area contributed by atoms with Crippen molar-refractivity contribution in [2.45, 2.75) is 84.0 Å². The van der Waals surface area contributed by atoms with E-state index in [1.807, 2.05) is 0 Å². The molecule has 0 aliphatic rings. The largest absolute Gasteiger partial charge is 0.504 e. The summed E-state index contributed by atoms with van der Waals surface area (Å²) >= 11 is 0. The van der Waals surface area contributed by atoms with Gasteiger partial charge in [0.1, 0.15) is 0 Å². The first-order valence-electron chi connectivity index (χ1n) is 10.3. The van der Waals surface area contributed by atoms with Crippen molar-refractivity contribution in [3.8, 4) is 11.5 Å². The van der Waals surface area contributed by atoms with Crippen molar-refractivity contribution < 1.29 is 14.6 Å². The molecule has 0 spiro atoms. The molecule has 0 saturated heterocycles. The van der Waals surface area contributed by atoms with Gasteiger partial charge in [-0.15, -0.1) is 0 Å². The molecule has 2 N–H and O–H groups in total. The van der Waals surface area contributed by atoms with Crippen LogP contribution in [0.15, 0.2) is 18.2 Å². The predicted octanol–water partition coefficient (Wildman–Crippen LogP) is 6.44. The Morgan fingerprint density at radius 2 is 1.42 bits per heavy atom. The van der Waals surface area contributed by atoms with Crippen molar-refractivity contribution in [3.05, 3.63) is 23.8 Å². The number of methoxy groups -OCH3 is 1. The van der Waals surface area contributed by atoms with E-state index in [0.29, 0.717) is 17.9 Å². The second-order valence-electron chi connectivity index (χ2n) is 6.95. The Labute approximate surface area is 159 Å². The molecule has 0 aliphatic heterocycles. The SMILES string of the molecule is CCCCCCCCCCCCCCOC(=N)c1ccc(O)c(OC)c1. The molecular formula is C22H37NO3. The van der Waals surface area contributed by atoms with Crippen LogP contribution in [0.4, 0.5) is 0 Å². The van der Waals surface area contributed by atoms with Crippen molar-refractivity contribution in [3.63, 3.8) is 0 Å². The van der Waals surface area contributed by atoms with Crippen LogP contribution in [0.5, 0.6) is 11.5 Å². The zero-order valence-corrected chi connectivity index (χ0v) is 16.7. The third-order valence-corrected chi connectivity index (χ3v) is 4.69. The molecule has 0 unspecified atom stereocenters. The van der Waals surface area contributed by atoms with E-state index in [9.17, 15) is 5.11 Å². The Kier molecular flexibility index (Phi) is 12.4. The average molecular weight is 364 g/mol. The van der Waals surface area contributed by atoms with Gasteiger partial charge in [0, 0.05) is 5.56 Å². The second-order valence-corrected chi connectivity index (χ2v) is 6.95. The minimum Gasteiger partial charge on any atom is -0.504 e. The molecule has 1 aromatic carbocycles. The fourth-order valence-corrected chi connectivity index (χ4v) is 3.02. The fraction of sp³-hybridized carbons (Fsp3) is 0.682. The van der Waals surface area contributed by atoms with Gasteiger partial charge in [0.25, 0.3) is 0 Å². The Bertz CT molecular complexity index is 502. The number of phenols is 1. The van der Waals surface area contributed by atoms with E-state index in [2.05, 4.69) is 6.92 Å². The summed E-state index contributed by atoms with van der Waals surface area (Å²) in [4.78, 5) is 0. The summed E-state index contributed by atoms with van der Waals surface area (Å²) in [6.07, 6.45) is 15.7. The van der Waals surface area contributed by atoms with Crippen LogP contribution in [-0.2, 0) is 4.74 Å². The zero-order valence-electron chi connectivity index (χ0n) is 16.7. The third kappa shape index (κ3) is 9.69. The minimum absolute atomic E-state index is 0.0741. The van der Waals surface area contributed by atoms with E-state index >= 15 is 0 Å². The van der Waals surface area contributed by atoms with Gasteiger partial charge in [-0.3, -0.25) is 5.41 Å². The Balaban J connectivity index is 1.98. The summed E-state index contributed by atoms with van der Waals surface area (Å²) in [6.45, 7) is 2.83. The third-order valence-electron chi connectivity index (χ3n) is 4.69. The molecule has 0 saturated carbocycles. The van der Waals surface area contributed by atoms with Crippen LogP contribution in [0, 0.1) is 5.41 Å². The number of hydrogen-bond acceptors (Lipinski definition) is 4. The summed E-state index contributed by atoms with van der Waals surface area (Å²) < 4.78 is 10.6. The van der Waals surface area contributed by atoms with Crippen LogP contribution in [0.3, 0.4) is 0 Å². The molecule has 1 aromatic rings. The number of rotatable bonds is 15. The lowest BCUT2D eigenvalue weighted by Gasteiger charge is -2.09. The number of benzene rings is 1. The van der Waals surface area contributed by atoms with Gasteiger partial charge in [0.2, 0.25) is 5.90 Å². The summed E-state index contributed by atoms with van der Waals surface area (Å²) in [5.41, 5.74) is 0.624. The van der Waals surface area contributed by atoms with Crippen molar-refractivity contribution >= 4 is 5.90 Å². The Morgan fingerprint density at radius 3 is 1.96 bits per heavy atom. The van der Waals surface area contributed by atoms with Gasteiger partial charge in [-0.05, 0) is 24.6 Å². The number of nitrogens with one attached hydrogen (secondary N) is 1. The van der Waals surface area contributed by atoms with Gasteiger partial charge in [0.05, 0.1) is 13.7 Å². The van der Waals surface area contributed by atoms with Crippen LogP contribution >= 0.6 is 0 Å². The van der Waals surface area contributed by atoms with Gasteiger partial charge in [-0.1, -0.05) is 77.6 Å². The maximum absolute atomic E-state index is 9.58. The maximum Gasteiger partial charge on any atom is 0.213 e. The summed E-state index contributed by atoms with van der Waals surface area (Å²) in [5, 5.41) is 17.5. The lowest BCUT2D eigenvalue weighted by Crippen LogP contribution is -2.06. The van der Waals surface area contributed by atoms with E-state index in [-0.39, 0.29) is 11.6 Å². The quantitative estimate of drug-likeness (QED) is 0.214. The Hall–Kier alpha value is -1.71. The minimum atomic E-state index is 0.0741. The van der Waals surface area contributed by atoms with Crippen molar-refractivity contribution in [1.29, 1.82) is 5.41 Å². The highest BCUT2D eigenvalue weighted by Gasteiger charge is 2.07. The number of aromatic hydroxyl groups is 1. The Morgan fingerprint density at radius 1 is 0.885 bits per heavy atom. The molecule has 0 bridgehead atoms. The highest BCUT2D eigenvalue weighted by atomic mass is 16.5. The molecule has 1 rings (SSSR count). The predicted molar refractivity (Wildman–Crippen MR) is 109 cm³/mol. The molecule has 0 atom stereocenters. The molecule has 4 heteroatoms. The average Bonchev–Trinajstić information content (AvgIpc) is 2.65. The van der Waals surface area contributed by atoms with E-state index in [1.54, 1.807) is 12.1 Å². The van der Waals surface area contributed by atoms with Crippen LogP contribution in [0.25, 0.3) is 0 Å². The molecule has 0 heterocycles. The normalized spacial score (nSPS) is 10.7. The molecule has 0 aliphatic carbocycles. The van der Waals surface area contributed by atoms with Gasteiger partial charge < -0.3 is 14.6 Å². The monoisotopic (exact) mass is 363 g/mol. The summed E-state index contributed by atoms with van der Waals surface area (Å²) in [7, 11) is 1.50. The lowest BCUT2D eigenvalue weighted by molar-refractivity contribution is 0.290. The lowest BCUT2D eigenvalue weighted by atomic mass is 10.1. The van der Waals surface area contributed by atoms with Gasteiger partial charge in [-0.25, -0.2) is 0 Å². The highest BCUT2D eigenvalue weighted by molar-refractivity contribution is 5.92. The van der Waals surface area contributed by atoms with Gasteiger partial charge in [0.15, 0.2) is 11.5 Å². The van der Waals surface area contributed by atoms with Crippen LogP contribution in [0.2, 0.25) is 0 Å². The van der Waals surface area contributed by atoms with E-state index < -0.39 is 0 Å². The second kappa shape index (κ2) is 14.5.